The fourth-order valence-electron chi connectivity index (χ4n) is 2.03. The lowest BCUT2D eigenvalue weighted by atomic mass is 9.98. The number of nitrogens with zero attached hydrogens (tertiary/aromatic N) is 1. The first-order chi connectivity index (χ1) is 8.88. The SMILES string of the molecule is CN(Cc1ccc2c(c1)OCO2)C(C)(C)CC(=O)O. The van der Waals surface area contributed by atoms with Crippen LogP contribution in [0.3, 0.4) is 0 Å². The van der Waals surface area contributed by atoms with Crippen LogP contribution in [-0.2, 0) is 11.3 Å². The summed E-state index contributed by atoms with van der Waals surface area (Å²) in [6, 6.07) is 5.80. The summed E-state index contributed by atoms with van der Waals surface area (Å²) >= 11 is 0. The minimum absolute atomic E-state index is 0.105. The summed E-state index contributed by atoms with van der Waals surface area (Å²) in [4.78, 5) is 12.9. The molecule has 1 aliphatic heterocycles. The molecule has 0 bridgehead atoms. The van der Waals surface area contributed by atoms with E-state index < -0.39 is 11.5 Å². The van der Waals surface area contributed by atoms with E-state index in [1.54, 1.807) is 0 Å². The van der Waals surface area contributed by atoms with E-state index >= 15 is 0 Å². The van der Waals surface area contributed by atoms with Crippen molar-refractivity contribution in [2.75, 3.05) is 13.8 Å². The smallest absolute Gasteiger partial charge is 0.305 e. The molecule has 2 rings (SSSR count). The number of ether oxygens (including phenoxy) is 2. The Kier molecular flexibility index (Phi) is 3.66. The first kappa shape index (κ1) is 13.7. The van der Waals surface area contributed by atoms with Gasteiger partial charge in [-0.25, -0.2) is 0 Å². The van der Waals surface area contributed by atoms with Crippen molar-refractivity contribution in [1.82, 2.24) is 4.90 Å². The molecule has 0 aromatic heterocycles. The highest BCUT2D eigenvalue weighted by molar-refractivity contribution is 5.68. The summed E-state index contributed by atoms with van der Waals surface area (Å²) < 4.78 is 10.6. The molecule has 0 aliphatic carbocycles. The van der Waals surface area contributed by atoms with Gasteiger partial charge in [-0.1, -0.05) is 6.07 Å². The Morgan fingerprint density at radius 2 is 2.05 bits per heavy atom. The van der Waals surface area contributed by atoms with Crippen LogP contribution < -0.4 is 9.47 Å². The third-order valence-corrected chi connectivity index (χ3v) is 3.47. The van der Waals surface area contributed by atoms with Gasteiger partial charge < -0.3 is 14.6 Å². The summed E-state index contributed by atoms with van der Waals surface area (Å²) in [5.41, 5.74) is 0.674. The molecule has 1 aromatic carbocycles. The van der Waals surface area contributed by atoms with Crippen LogP contribution in [0.2, 0.25) is 0 Å². The lowest BCUT2D eigenvalue weighted by molar-refractivity contribution is -0.139. The van der Waals surface area contributed by atoms with Gasteiger partial charge in [0.1, 0.15) is 0 Å². The largest absolute Gasteiger partial charge is 0.481 e. The van der Waals surface area contributed by atoms with Crippen molar-refractivity contribution in [3.8, 4) is 11.5 Å². The molecule has 5 heteroatoms. The molecule has 0 amide bonds. The summed E-state index contributed by atoms with van der Waals surface area (Å²) in [6.07, 6.45) is 0.105. The van der Waals surface area contributed by atoms with Gasteiger partial charge in [0.05, 0.1) is 6.42 Å². The summed E-state index contributed by atoms with van der Waals surface area (Å²) in [5, 5.41) is 8.93. The molecule has 0 radical (unpaired) electrons. The Bertz CT molecular complexity index is 484. The summed E-state index contributed by atoms with van der Waals surface area (Å²) in [7, 11) is 1.92. The Morgan fingerprint density at radius 1 is 1.37 bits per heavy atom. The maximum absolute atomic E-state index is 10.9. The molecule has 0 fully saturated rings. The number of benzene rings is 1. The molecule has 104 valence electrons. The normalized spacial score (nSPS) is 13.9. The second-order valence-corrected chi connectivity index (χ2v) is 5.43. The number of aliphatic carboxylic acids is 1. The van der Waals surface area contributed by atoms with Crippen LogP contribution in [0.1, 0.15) is 25.8 Å². The van der Waals surface area contributed by atoms with Crippen molar-refractivity contribution in [2.45, 2.75) is 32.4 Å². The molecule has 0 atom stereocenters. The molecule has 0 saturated heterocycles. The number of fused-ring (bicyclic) bond motifs is 1. The fraction of sp³-hybridized carbons (Fsp3) is 0.500. The minimum atomic E-state index is -0.789. The number of carboxylic acids is 1. The van der Waals surface area contributed by atoms with Crippen molar-refractivity contribution >= 4 is 5.97 Å². The minimum Gasteiger partial charge on any atom is -0.481 e. The van der Waals surface area contributed by atoms with Gasteiger partial charge in [-0.05, 0) is 38.6 Å². The number of carboxylic acid groups (broad SMARTS) is 1. The topological polar surface area (TPSA) is 59.0 Å². The number of rotatable bonds is 5. The van der Waals surface area contributed by atoms with E-state index in [0.717, 1.165) is 17.1 Å². The third kappa shape index (κ3) is 3.17. The standard InChI is InChI=1S/C14H19NO4/c1-14(2,7-13(16)17)15(3)8-10-4-5-11-12(6-10)19-9-18-11/h4-6H,7-9H2,1-3H3,(H,16,17). The second-order valence-electron chi connectivity index (χ2n) is 5.43. The quantitative estimate of drug-likeness (QED) is 0.883. The molecular weight excluding hydrogens is 246 g/mol. The van der Waals surface area contributed by atoms with E-state index in [9.17, 15) is 4.79 Å². The lowest BCUT2D eigenvalue weighted by Gasteiger charge is -2.34. The average molecular weight is 265 g/mol. The first-order valence-electron chi connectivity index (χ1n) is 6.20. The third-order valence-electron chi connectivity index (χ3n) is 3.47. The van der Waals surface area contributed by atoms with Crippen molar-refractivity contribution in [3.63, 3.8) is 0 Å². The predicted octanol–water partition coefficient (Wildman–Crippen LogP) is 2.10. The van der Waals surface area contributed by atoms with Gasteiger partial charge in [0.2, 0.25) is 6.79 Å². The molecular formula is C14H19NO4. The van der Waals surface area contributed by atoms with E-state index in [-0.39, 0.29) is 13.2 Å². The van der Waals surface area contributed by atoms with Gasteiger partial charge in [-0.3, -0.25) is 9.69 Å². The molecule has 19 heavy (non-hydrogen) atoms. The number of hydrogen-bond acceptors (Lipinski definition) is 4. The van der Waals surface area contributed by atoms with Crippen LogP contribution in [0.5, 0.6) is 11.5 Å². The first-order valence-corrected chi connectivity index (χ1v) is 6.20. The zero-order valence-electron chi connectivity index (χ0n) is 11.5. The highest BCUT2D eigenvalue weighted by Crippen LogP contribution is 2.33. The maximum Gasteiger partial charge on any atom is 0.305 e. The number of hydrogen-bond donors (Lipinski definition) is 1. The molecule has 0 spiro atoms. The van der Waals surface area contributed by atoms with Gasteiger partial charge in [0.15, 0.2) is 11.5 Å². The van der Waals surface area contributed by atoms with Gasteiger partial charge in [0, 0.05) is 12.1 Å². The molecule has 1 aliphatic rings. The highest BCUT2D eigenvalue weighted by atomic mass is 16.7. The Morgan fingerprint density at radius 3 is 2.74 bits per heavy atom. The van der Waals surface area contributed by atoms with Crippen LogP contribution in [0.25, 0.3) is 0 Å². The summed E-state index contributed by atoms with van der Waals surface area (Å²) in [5.74, 6) is 0.723. The van der Waals surface area contributed by atoms with E-state index in [0.29, 0.717) is 6.54 Å². The zero-order valence-corrected chi connectivity index (χ0v) is 11.5. The maximum atomic E-state index is 10.9. The summed E-state index contributed by atoms with van der Waals surface area (Å²) in [6.45, 7) is 4.78. The molecule has 5 nitrogen and oxygen atoms in total. The van der Waals surface area contributed by atoms with Crippen LogP contribution in [0.4, 0.5) is 0 Å². The van der Waals surface area contributed by atoms with E-state index in [1.165, 1.54) is 0 Å². The monoisotopic (exact) mass is 265 g/mol. The predicted molar refractivity (Wildman–Crippen MR) is 70.4 cm³/mol. The Balaban J connectivity index is 2.06. The van der Waals surface area contributed by atoms with Crippen molar-refractivity contribution < 1.29 is 19.4 Å². The van der Waals surface area contributed by atoms with Crippen LogP contribution in [-0.4, -0.2) is 35.4 Å². The van der Waals surface area contributed by atoms with Crippen LogP contribution >= 0.6 is 0 Å². The fourth-order valence-corrected chi connectivity index (χ4v) is 2.03. The number of carbonyl (C=O) groups is 1. The van der Waals surface area contributed by atoms with Gasteiger partial charge in [0.25, 0.3) is 0 Å². The second kappa shape index (κ2) is 5.09. The van der Waals surface area contributed by atoms with E-state index in [2.05, 4.69) is 0 Å². The molecule has 1 heterocycles. The molecule has 1 N–H and O–H groups in total. The highest BCUT2D eigenvalue weighted by Gasteiger charge is 2.27. The molecule has 0 saturated carbocycles. The Hall–Kier alpha value is -1.75. The Labute approximate surface area is 112 Å². The molecule has 1 aromatic rings. The lowest BCUT2D eigenvalue weighted by Crippen LogP contribution is -2.42. The van der Waals surface area contributed by atoms with E-state index in [1.807, 2.05) is 44.0 Å². The van der Waals surface area contributed by atoms with Crippen LogP contribution in [0.15, 0.2) is 18.2 Å². The zero-order chi connectivity index (χ0) is 14.0. The molecule has 0 unspecified atom stereocenters. The van der Waals surface area contributed by atoms with Crippen molar-refractivity contribution in [2.24, 2.45) is 0 Å². The van der Waals surface area contributed by atoms with Gasteiger partial charge in [-0.2, -0.15) is 0 Å². The van der Waals surface area contributed by atoms with Gasteiger partial charge in [-0.15, -0.1) is 0 Å². The van der Waals surface area contributed by atoms with Crippen LogP contribution in [0, 0.1) is 0 Å². The van der Waals surface area contributed by atoms with Gasteiger partial charge >= 0.3 is 5.97 Å². The van der Waals surface area contributed by atoms with E-state index in [4.69, 9.17) is 14.6 Å². The van der Waals surface area contributed by atoms with Crippen molar-refractivity contribution in [3.05, 3.63) is 23.8 Å². The average Bonchev–Trinajstić information content (AvgIpc) is 2.74. The van der Waals surface area contributed by atoms with Crippen molar-refractivity contribution in [1.29, 1.82) is 0 Å².